The molecule has 0 saturated heterocycles. The first-order valence-corrected chi connectivity index (χ1v) is 5.35. The molecule has 0 aromatic heterocycles. The van der Waals surface area contributed by atoms with Gasteiger partial charge in [-0.3, -0.25) is 0 Å². The molecule has 16 heavy (non-hydrogen) atoms. The van der Waals surface area contributed by atoms with E-state index in [0.29, 0.717) is 23.8 Å². The van der Waals surface area contributed by atoms with Crippen LogP contribution >= 0.6 is 11.6 Å². The van der Waals surface area contributed by atoms with Crippen molar-refractivity contribution in [1.82, 2.24) is 0 Å². The van der Waals surface area contributed by atoms with E-state index >= 15 is 0 Å². The van der Waals surface area contributed by atoms with Crippen molar-refractivity contribution in [3.05, 3.63) is 34.3 Å². The van der Waals surface area contributed by atoms with E-state index in [2.05, 4.69) is 0 Å². The van der Waals surface area contributed by atoms with Crippen LogP contribution in [0.1, 0.15) is 25.0 Å². The lowest BCUT2D eigenvalue weighted by Gasteiger charge is -2.18. The smallest absolute Gasteiger partial charge is 0.0992 e. The van der Waals surface area contributed by atoms with Gasteiger partial charge >= 0.3 is 0 Å². The Morgan fingerprint density at radius 3 is 2.69 bits per heavy atom. The van der Waals surface area contributed by atoms with Gasteiger partial charge in [0.1, 0.15) is 0 Å². The number of hydrogen-bond donors (Lipinski definition) is 1. The fraction of sp³-hybridized carbons (Fsp3) is 0.417. The van der Waals surface area contributed by atoms with Crippen LogP contribution in [0.5, 0.6) is 0 Å². The number of hydrogen-bond acceptors (Lipinski definition) is 3. The summed E-state index contributed by atoms with van der Waals surface area (Å²) in [5.74, 6) is 0. The van der Waals surface area contributed by atoms with E-state index in [1.54, 1.807) is 18.2 Å². The van der Waals surface area contributed by atoms with Gasteiger partial charge in [-0.15, -0.1) is 0 Å². The number of halogens is 1. The van der Waals surface area contributed by atoms with Gasteiger partial charge in [0.25, 0.3) is 0 Å². The molecule has 0 aliphatic carbocycles. The van der Waals surface area contributed by atoms with Gasteiger partial charge in [0.05, 0.1) is 24.8 Å². The average molecular weight is 239 g/mol. The third kappa shape index (κ3) is 4.19. The summed E-state index contributed by atoms with van der Waals surface area (Å²) >= 11 is 6.00. The second-order valence-corrected chi connectivity index (χ2v) is 4.81. The number of nitriles is 1. The van der Waals surface area contributed by atoms with Crippen molar-refractivity contribution < 1.29 is 4.74 Å². The molecule has 0 unspecified atom stereocenters. The van der Waals surface area contributed by atoms with Crippen LogP contribution in [0.4, 0.5) is 0 Å². The third-order valence-electron chi connectivity index (χ3n) is 1.91. The minimum absolute atomic E-state index is 0.348. The molecular formula is C12H15ClN2O. The molecule has 4 heteroatoms. The molecule has 3 nitrogen and oxygen atoms in total. The molecule has 0 atom stereocenters. The maximum atomic E-state index is 8.68. The summed E-state index contributed by atoms with van der Waals surface area (Å²) in [6.45, 7) is 4.66. The Labute approximate surface area is 101 Å². The largest absolute Gasteiger partial charge is 0.375 e. The fourth-order valence-electron chi connectivity index (χ4n) is 1.16. The fourth-order valence-corrected chi connectivity index (χ4v) is 1.39. The summed E-state index contributed by atoms with van der Waals surface area (Å²) in [5.41, 5.74) is 6.85. The summed E-state index contributed by atoms with van der Waals surface area (Å²) < 4.78 is 5.45. The van der Waals surface area contributed by atoms with Crippen molar-refractivity contribution in [2.24, 2.45) is 5.73 Å². The van der Waals surface area contributed by atoms with Gasteiger partial charge in [0, 0.05) is 10.6 Å². The zero-order chi connectivity index (χ0) is 12.2. The minimum atomic E-state index is -0.348. The lowest BCUT2D eigenvalue weighted by molar-refractivity contribution is 0.0851. The molecule has 0 amide bonds. The van der Waals surface area contributed by atoms with Crippen LogP contribution in [-0.2, 0) is 11.3 Å². The van der Waals surface area contributed by atoms with E-state index in [-0.39, 0.29) is 5.54 Å². The highest BCUT2D eigenvalue weighted by atomic mass is 35.5. The van der Waals surface area contributed by atoms with Gasteiger partial charge in [-0.25, -0.2) is 0 Å². The number of rotatable bonds is 4. The lowest BCUT2D eigenvalue weighted by atomic mass is 10.1. The van der Waals surface area contributed by atoms with Crippen molar-refractivity contribution in [2.75, 3.05) is 6.61 Å². The number of nitrogens with two attached hydrogens (primary N) is 1. The quantitative estimate of drug-likeness (QED) is 0.877. The SMILES string of the molecule is CC(C)(N)COCc1ccc(C#N)cc1Cl. The van der Waals surface area contributed by atoms with Crippen molar-refractivity contribution >= 4 is 11.6 Å². The number of ether oxygens (including phenoxy) is 1. The van der Waals surface area contributed by atoms with Crippen molar-refractivity contribution in [1.29, 1.82) is 5.26 Å². The summed E-state index contributed by atoms with van der Waals surface area (Å²) in [4.78, 5) is 0. The van der Waals surface area contributed by atoms with E-state index in [1.165, 1.54) is 0 Å². The molecule has 0 heterocycles. The first kappa shape index (κ1) is 13.0. The second-order valence-electron chi connectivity index (χ2n) is 4.40. The van der Waals surface area contributed by atoms with Gasteiger partial charge in [-0.2, -0.15) is 5.26 Å². The molecule has 86 valence electrons. The van der Waals surface area contributed by atoms with Crippen LogP contribution in [-0.4, -0.2) is 12.1 Å². The normalized spacial score (nSPS) is 11.2. The van der Waals surface area contributed by atoms with E-state index in [4.69, 9.17) is 27.3 Å². The van der Waals surface area contributed by atoms with Gasteiger partial charge in [-0.1, -0.05) is 17.7 Å². The van der Waals surface area contributed by atoms with Crippen molar-refractivity contribution in [3.63, 3.8) is 0 Å². The molecule has 0 fully saturated rings. The zero-order valence-electron chi connectivity index (χ0n) is 9.46. The molecule has 1 aromatic rings. The molecule has 0 spiro atoms. The molecule has 0 radical (unpaired) electrons. The predicted molar refractivity (Wildman–Crippen MR) is 64.1 cm³/mol. The Bertz CT molecular complexity index is 404. The molecule has 0 bridgehead atoms. The monoisotopic (exact) mass is 238 g/mol. The lowest BCUT2D eigenvalue weighted by Crippen LogP contribution is -2.37. The molecule has 2 N–H and O–H groups in total. The van der Waals surface area contributed by atoms with E-state index < -0.39 is 0 Å². The van der Waals surface area contributed by atoms with Gasteiger partial charge in [0.15, 0.2) is 0 Å². The maximum Gasteiger partial charge on any atom is 0.0992 e. The standard InChI is InChI=1S/C12H15ClN2O/c1-12(2,15)8-16-7-10-4-3-9(6-14)5-11(10)13/h3-5H,7-8,15H2,1-2H3. The van der Waals surface area contributed by atoms with Gasteiger partial charge in [0.2, 0.25) is 0 Å². The van der Waals surface area contributed by atoms with Crippen LogP contribution in [0.2, 0.25) is 5.02 Å². The molecule has 1 rings (SSSR count). The molecule has 0 aliphatic heterocycles. The van der Waals surface area contributed by atoms with Crippen molar-refractivity contribution in [2.45, 2.75) is 26.0 Å². The first-order chi connectivity index (χ1) is 7.42. The molecular weight excluding hydrogens is 224 g/mol. The Balaban J connectivity index is 2.59. The van der Waals surface area contributed by atoms with Gasteiger partial charge in [-0.05, 0) is 31.5 Å². The molecule has 1 aromatic carbocycles. The van der Waals surface area contributed by atoms with Crippen molar-refractivity contribution in [3.8, 4) is 6.07 Å². The Morgan fingerprint density at radius 1 is 1.50 bits per heavy atom. The van der Waals surface area contributed by atoms with Gasteiger partial charge < -0.3 is 10.5 Å². The Kier molecular flexibility index (Phi) is 4.31. The molecule has 0 saturated carbocycles. The van der Waals surface area contributed by atoms with Crippen LogP contribution < -0.4 is 5.73 Å². The summed E-state index contributed by atoms with van der Waals surface area (Å²) in [7, 11) is 0. The second kappa shape index (κ2) is 5.31. The third-order valence-corrected chi connectivity index (χ3v) is 2.27. The highest BCUT2D eigenvalue weighted by molar-refractivity contribution is 6.31. The van der Waals surface area contributed by atoms with E-state index in [0.717, 1.165) is 5.56 Å². The summed E-state index contributed by atoms with van der Waals surface area (Å²) in [6.07, 6.45) is 0. The van der Waals surface area contributed by atoms with Crippen LogP contribution in [0.3, 0.4) is 0 Å². The Morgan fingerprint density at radius 2 is 2.19 bits per heavy atom. The minimum Gasteiger partial charge on any atom is -0.375 e. The summed E-state index contributed by atoms with van der Waals surface area (Å²) in [5, 5.41) is 9.23. The topological polar surface area (TPSA) is 59.0 Å². The van der Waals surface area contributed by atoms with E-state index in [9.17, 15) is 0 Å². The number of nitrogens with zero attached hydrogens (tertiary/aromatic N) is 1. The maximum absolute atomic E-state index is 8.68. The Hall–Kier alpha value is -1.08. The predicted octanol–water partition coefficient (Wildman–Crippen LogP) is 2.47. The highest BCUT2D eigenvalue weighted by Crippen LogP contribution is 2.18. The number of benzene rings is 1. The first-order valence-electron chi connectivity index (χ1n) is 4.97. The average Bonchev–Trinajstić information content (AvgIpc) is 2.18. The van der Waals surface area contributed by atoms with Crippen LogP contribution in [0, 0.1) is 11.3 Å². The van der Waals surface area contributed by atoms with Crippen LogP contribution in [0.15, 0.2) is 18.2 Å². The highest BCUT2D eigenvalue weighted by Gasteiger charge is 2.11. The van der Waals surface area contributed by atoms with Crippen LogP contribution in [0.25, 0.3) is 0 Å². The summed E-state index contributed by atoms with van der Waals surface area (Å²) in [6, 6.07) is 7.18. The molecule has 0 aliphatic rings. The zero-order valence-corrected chi connectivity index (χ0v) is 10.2. The van der Waals surface area contributed by atoms with E-state index in [1.807, 2.05) is 19.9 Å².